The number of aromatic amines is 1. The number of carbonyl (C=O) groups excluding carboxylic acids is 2. The van der Waals surface area contributed by atoms with Gasteiger partial charge in [-0.1, -0.05) is 20.8 Å². The number of hydrogen-bond acceptors (Lipinski definition) is 5. The molecule has 2 aromatic rings. The van der Waals surface area contributed by atoms with Crippen molar-refractivity contribution in [1.29, 1.82) is 0 Å². The molecule has 4 heterocycles. The van der Waals surface area contributed by atoms with Gasteiger partial charge in [0, 0.05) is 48.8 Å². The number of likely N-dealkylation sites (tertiary alicyclic amines) is 1. The molecule has 2 amide bonds. The third-order valence-electron chi connectivity index (χ3n) is 6.40. The molecule has 2 aliphatic rings. The first-order valence-corrected chi connectivity index (χ1v) is 11.4. The number of rotatable bonds is 4. The van der Waals surface area contributed by atoms with Crippen LogP contribution in [0, 0.1) is 12.3 Å². The normalized spacial score (nSPS) is 19.7. The van der Waals surface area contributed by atoms with Crippen molar-refractivity contribution in [2.45, 2.75) is 59.4 Å². The molecule has 0 spiro atoms. The Hall–Kier alpha value is -2.68. The summed E-state index contributed by atoms with van der Waals surface area (Å²) in [6.45, 7) is 10.6. The van der Waals surface area contributed by atoms with Gasteiger partial charge in [0.05, 0.1) is 24.9 Å². The molecule has 2 aromatic heterocycles. The fourth-order valence-electron chi connectivity index (χ4n) is 4.61. The zero-order chi connectivity index (χ0) is 23.0. The maximum Gasteiger partial charge on any atom is 0.276 e. The standard InChI is InChI=1S/C23H33N5O4/c1-15-16(7-8-20(29)26-10-12-32-13-11-26)21(30)28-19(24-15)14-17(25-28)18-6-5-9-27(18)22(31)23(2,3)4/h14,18,25H,5-13H2,1-4H3/t18-/m0/s1. The molecule has 0 radical (unpaired) electrons. The highest BCUT2D eigenvalue weighted by Crippen LogP contribution is 2.34. The highest BCUT2D eigenvalue weighted by atomic mass is 16.5. The van der Waals surface area contributed by atoms with Crippen LogP contribution in [0.15, 0.2) is 10.9 Å². The van der Waals surface area contributed by atoms with E-state index in [1.807, 2.05) is 38.7 Å². The van der Waals surface area contributed by atoms with Crippen molar-refractivity contribution >= 4 is 17.5 Å². The van der Waals surface area contributed by atoms with Crippen LogP contribution >= 0.6 is 0 Å². The SMILES string of the molecule is Cc1nc2cc([C@@H]3CCCN3C(=O)C(C)(C)C)[nH]n2c(=O)c1CCC(=O)N1CCOCC1. The minimum absolute atomic E-state index is 0.0339. The van der Waals surface area contributed by atoms with Crippen molar-refractivity contribution in [3.63, 3.8) is 0 Å². The molecule has 2 aliphatic heterocycles. The number of amides is 2. The van der Waals surface area contributed by atoms with Gasteiger partial charge >= 0.3 is 0 Å². The van der Waals surface area contributed by atoms with Gasteiger partial charge in [-0.2, -0.15) is 0 Å². The van der Waals surface area contributed by atoms with Crippen LogP contribution in [0.5, 0.6) is 0 Å². The van der Waals surface area contributed by atoms with Gasteiger partial charge in [-0.05, 0) is 26.2 Å². The van der Waals surface area contributed by atoms with E-state index in [1.165, 1.54) is 4.52 Å². The molecule has 4 rings (SSSR count). The molecule has 0 aliphatic carbocycles. The first kappa shape index (κ1) is 22.5. The van der Waals surface area contributed by atoms with Gasteiger partial charge in [-0.25, -0.2) is 9.50 Å². The minimum atomic E-state index is -0.458. The number of nitrogens with zero attached hydrogens (tertiary/aromatic N) is 4. The molecule has 2 fully saturated rings. The number of morpholine rings is 1. The van der Waals surface area contributed by atoms with Gasteiger partial charge in [0.1, 0.15) is 0 Å². The molecular formula is C23H33N5O4. The van der Waals surface area contributed by atoms with Gasteiger partial charge in [-0.15, -0.1) is 0 Å². The molecular weight excluding hydrogens is 410 g/mol. The van der Waals surface area contributed by atoms with Crippen molar-refractivity contribution in [3.05, 3.63) is 33.4 Å². The Morgan fingerprint density at radius 3 is 2.62 bits per heavy atom. The Kier molecular flexibility index (Phi) is 6.11. The number of H-pyrrole nitrogens is 1. The number of carbonyl (C=O) groups is 2. The number of aromatic nitrogens is 3. The van der Waals surface area contributed by atoms with E-state index in [0.29, 0.717) is 56.2 Å². The lowest BCUT2D eigenvalue weighted by Crippen LogP contribution is -2.41. The van der Waals surface area contributed by atoms with Crippen LogP contribution < -0.4 is 5.56 Å². The van der Waals surface area contributed by atoms with Gasteiger partial charge in [0.15, 0.2) is 5.65 Å². The predicted molar refractivity (Wildman–Crippen MR) is 119 cm³/mol. The third-order valence-corrected chi connectivity index (χ3v) is 6.40. The fourth-order valence-corrected chi connectivity index (χ4v) is 4.61. The summed E-state index contributed by atoms with van der Waals surface area (Å²) < 4.78 is 6.75. The van der Waals surface area contributed by atoms with Crippen LogP contribution in [-0.4, -0.2) is 69.1 Å². The van der Waals surface area contributed by atoms with Gasteiger partial charge in [0.25, 0.3) is 5.56 Å². The van der Waals surface area contributed by atoms with Crippen molar-refractivity contribution < 1.29 is 14.3 Å². The lowest BCUT2D eigenvalue weighted by molar-refractivity contribution is -0.140. The summed E-state index contributed by atoms with van der Waals surface area (Å²) in [5, 5.41) is 3.20. The number of hydrogen-bond donors (Lipinski definition) is 1. The second-order valence-corrected chi connectivity index (χ2v) is 9.79. The fraction of sp³-hybridized carbons (Fsp3) is 0.652. The smallest absolute Gasteiger partial charge is 0.276 e. The second kappa shape index (κ2) is 8.69. The number of ether oxygens (including phenoxy) is 1. The molecule has 1 N–H and O–H groups in total. The minimum Gasteiger partial charge on any atom is -0.378 e. The Labute approximate surface area is 187 Å². The zero-order valence-corrected chi connectivity index (χ0v) is 19.4. The Morgan fingerprint density at radius 2 is 1.94 bits per heavy atom. The molecule has 0 bridgehead atoms. The van der Waals surface area contributed by atoms with Crippen molar-refractivity contribution in [3.8, 4) is 0 Å². The quantitative estimate of drug-likeness (QED) is 0.777. The number of aryl methyl sites for hydroxylation is 1. The van der Waals surface area contributed by atoms with Crippen molar-refractivity contribution in [2.75, 3.05) is 32.8 Å². The van der Waals surface area contributed by atoms with E-state index in [4.69, 9.17) is 4.74 Å². The van der Waals surface area contributed by atoms with Crippen LogP contribution in [0.2, 0.25) is 0 Å². The summed E-state index contributed by atoms with van der Waals surface area (Å²) in [5.74, 6) is 0.143. The summed E-state index contributed by atoms with van der Waals surface area (Å²) in [6, 6.07) is 1.78. The Morgan fingerprint density at radius 1 is 1.22 bits per heavy atom. The first-order valence-electron chi connectivity index (χ1n) is 11.4. The summed E-state index contributed by atoms with van der Waals surface area (Å²) in [4.78, 5) is 46.9. The summed E-state index contributed by atoms with van der Waals surface area (Å²) in [6.07, 6.45) is 2.40. The topological polar surface area (TPSA) is 100 Å². The van der Waals surface area contributed by atoms with E-state index >= 15 is 0 Å². The highest BCUT2D eigenvalue weighted by molar-refractivity contribution is 5.82. The van der Waals surface area contributed by atoms with Crippen LogP contribution in [-0.2, 0) is 20.7 Å². The van der Waals surface area contributed by atoms with Crippen molar-refractivity contribution in [1.82, 2.24) is 24.4 Å². The van der Waals surface area contributed by atoms with E-state index in [-0.39, 0.29) is 29.8 Å². The maximum absolute atomic E-state index is 13.2. The lowest BCUT2D eigenvalue weighted by atomic mass is 9.94. The maximum atomic E-state index is 13.2. The number of nitrogens with one attached hydrogen (secondary N) is 1. The molecule has 174 valence electrons. The predicted octanol–water partition coefficient (Wildman–Crippen LogP) is 1.83. The summed E-state index contributed by atoms with van der Waals surface area (Å²) >= 11 is 0. The van der Waals surface area contributed by atoms with Gasteiger partial charge in [-0.3, -0.25) is 19.5 Å². The van der Waals surface area contributed by atoms with Crippen LogP contribution in [0.1, 0.15) is 63.0 Å². The Bertz CT molecular complexity index is 1070. The van der Waals surface area contributed by atoms with E-state index in [0.717, 1.165) is 18.5 Å². The molecule has 0 saturated carbocycles. The number of fused-ring (bicyclic) bond motifs is 1. The average Bonchev–Trinajstić information content (AvgIpc) is 3.39. The summed E-state index contributed by atoms with van der Waals surface area (Å²) in [7, 11) is 0. The summed E-state index contributed by atoms with van der Waals surface area (Å²) in [5.41, 5.74) is 1.92. The average molecular weight is 444 g/mol. The molecule has 32 heavy (non-hydrogen) atoms. The Balaban J connectivity index is 1.57. The van der Waals surface area contributed by atoms with Crippen LogP contribution in [0.25, 0.3) is 5.65 Å². The molecule has 2 saturated heterocycles. The van der Waals surface area contributed by atoms with E-state index in [9.17, 15) is 14.4 Å². The lowest BCUT2D eigenvalue weighted by Gasteiger charge is -2.30. The van der Waals surface area contributed by atoms with Crippen molar-refractivity contribution in [2.24, 2.45) is 5.41 Å². The van der Waals surface area contributed by atoms with E-state index < -0.39 is 5.41 Å². The third kappa shape index (κ3) is 4.30. The van der Waals surface area contributed by atoms with Gasteiger partial charge < -0.3 is 14.5 Å². The highest BCUT2D eigenvalue weighted by Gasteiger charge is 2.36. The molecule has 0 unspecified atom stereocenters. The monoisotopic (exact) mass is 443 g/mol. The van der Waals surface area contributed by atoms with Crippen LogP contribution in [0.3, 0.4) is 0 Å². The van der Waals surface area contributed by atoms with E-state index in [1.54, 1.807) is 4.90 Å². The largest absolute Gasteiger partial charge is 0.378 e. The van der Waals surface area contributed by atoms with Crippen LogP contribution in [0.4, 0.5) is 0 Å². The zero-order valence-electron chi connectivity index (χ0n) is 19.4. The van der Waals surface area contributed by atoms with Gasteiger partial charge in [0.2, 0.25) is 11.8 Å². The first-order chi connectivity index (χ1) is 15.2. The molecule has 1 atom stereocenters. The molecule has 9 nitrogen and oxygen atoms in total. The molecule has 9 heteroatoms. The van der Waals surface area contributed by atoms with E-state index in [2.05, 4.69) is 10.1 Å². The second-order valence-electron chi connectivity index (χ2n) is 9.79. The molecule has 0 aromatic carbocycles.